The van der Waals surface area contributed by atoms with Gasteiger partial charge in [-0.05, 0) is 14.0 Å². The lowest BCUT2D eigenvalue weighted by atomic mass is 10.3. The molecule has 0 heterocycles. The largest absolute Gasteiger partial charge is 0.466 e. The Hall–Kier alpha value is -0.780. The van der Waals surface area contributed by atoms with Crippen LogP contribution >= 0.6 is 0 Å². The minimum Gasteiger partial charge on any atom is -0.466 e. The number of alkyl halides is 3. The number of ether oxygens (including phenoxy) is 1. The molecule has 15 heavy (non-hydrogen) atoms. The maximum absolute atomic E-state index is 11.8. The Bertz CT molecular complexity index is 194. The fourth-order valence-electron chi connectivity index (χ4n) is 0.945. The predicted molar refractivity (Wildman–Crippen MR) is 49.4 cm³/mol. The summed E-state index contributed by atoms with van der Waals surface area (Å²) < 4.78 is 40.1. The number of rotatable bonds is 6. The van der Waals surface area contributed by atoms with Crippen LogP contribution in [0.25, 0.3) is 0 Å². The van der Waals surface area contributed by atoms with Crippen LogP contribution in [0.4, 0.5) is 13.2 Å². The topological polar surface area (TPSA) is 29.5 Å². The Labute approximate surface area is 87.2 Å². The van der Waals surface area contributed by atoms with Gasteiger partial charge in [0.1, 0.15) is 0 Å². The molecule has 0 aromatic rings. The van der Waals surface area contributed by atoms with Crippen molar-refractivity contribution in [2.45, 2.75) is 25.9 Å². The van der Waals surface area contributed by atoms with E-state index < -0.39 is 12.6 Å². The van der Waals surface area contributed by atoms with Crippen molar-refractivity contribution >= 4 is 5.97 Å². The third-order valence-corrected chi connectivity index (χ3v) is 1.78. The van der Waals surface area contributed by atoms with E-state index in [1.165, 1.54) is 4.90 Å². The molecule has 0 saturated carbocycles. The third kappa shape index (κ3) is 9.52. The summed E-state index contributed by atoms with van der Waals surface area (Å²) in [5.41, 5.74) is 0. The standard InChI is InChI=1S/C9H16F3NO2/c1-3-15-8(14)4-6-13(2)7-5-9(10,11)12/h3-7H2,1-2H3. The van der Waals surface area contributed by atoms with E-state index in [2.05, 4.69) is 4.74 Å². The summed E-state index contributed by atoms with van der Waals surface area (Å²) in [7, 11) is 1.55. The van der Waals surface area contributed by atoms with E-state index in [0.29, 0.717) is 6.61 Å². The van der Waals surface area contributed by atoms with Crippen LogP contribution in [0.15, 0.2) is 0 Å². The molecule has 0 amide bonds. The van der Waals surface area contributed by atoms with Crippen LogP contribution in [0.2, 0.25) is 0 Å². The van der Waals surface area contributed by atoms with Gasteiger partial charge in [-0.25, -0.2) is 0 Å². The van der Waals surface area contributed by atoms with E-state index in [0.717, 1.165) is 0 Å². The number of hydrogen-bond donors (Lipinski definition) is 0. The van der Waals surface area contributed by atoms with Gasteiger partial charge < -0.3 is 9.64 Å². The van der Waals surface area contributed by atoms with Crippen LogP contribution in [0.1, 0.15) is 19.8 Å². The zero-order chi connectivity index (χ0) is 11.9. The Morgan fingerprint density at radius 2 is 1.93 bits per heavy atom. The number of halogens is 3. The van der Waals surface area contributed by atoms with Gasteiger partial charge in [0.2, 0.25) is 0 Å². The molecule has 0 aliphatic carbocycles. The number of nitrogens with zero attached hydrogens (tertiary/aromatic N) is 1. The van der Waals surface area contributed by atoms with Gasteiger partial charge >= 0.3 is 12.1 Å². The summed E-state index contributed by atoms with van der Waals surface area (Å²) in [6, 6.07) is 0. The number of hydrogen-bond acceptors (Lipinski definition) is 3. The maximum atomic E-state index is 11.8. The summed E-state index contributed by atoms with van der Waals surface area (Å²) in [5.74, 6) is -0.378. The highest BCUT2D eigenvalue weighted by Crippen LogP contribution is 2.19. The first-order valence-corrected chi connectivity index (χ1v) is 4.76. The molecular weight excluding hydrogens is 211 g/mol. The number of carbonyl (C=O) groups excluding carboxylic acids is 1. The lowest BCUT2D eigenvalue weighted by molar-refractivity contribution is -0.143. The summed E-state index contributed by atoms with van der Waals surface area (Å²) in [5, 5.41) is 0. The van der Waals surface area contributed by atoms with Crippen LogP contribution in [0.3, 0.4) is 0 Å². The second kappa shape index (κ2) is 6.66. The molecule has 0 aliphatic rings. The molecule has 0 aromatic carbocycles. The minimum absolute atomic E-state index is 0.0943. The normalized spacial score (nSPS) is 11.9. The molecule has 0 unspecified atom stereocenters. The first-order valence-electron chi connectivity index (χ1n) is 4.76. The van der Waals surface area contributed by atoms with E-state index in [9.17, 15) is 18.0 Å². The molecule has 6 heteroatoms. The second-order valence-corrected chi connectivity index (χ2v) is 3.22. The average molecular weight is 227 g/mol. The molecule has 0 atom stereocenters. The summed E-state index contributed by atoms with van der Waals surface area (Å²) >= 11 is 0. The lowest BCUT2D eigenvalue weighted by Gasteiger charge is -2.16. The molecule has 0 saturated heterocycles. The molecular formula is C9H16F3NO2. The zero-order valence-corrected chi connectivity index (χ0v) is 8.93. The Kier molecular flexibility index (Phi) is 6.31. The third-order valence-electron chi connectivity index (χ3n) is 1.78. The molecule has 90 valence electrons. The molecule has 0 fully saturated rings. The fourth-order valence-corrected chi connectivity index (χ4v) is 0.945. The van der Waals surface area contributed by atoms with E-state index in [-0.39, 0.29) is 25.5 Å². The molecule has 3 nitrogen and oxygen atoms in total. The van der Waals surface area contributed by atoms with Crippen molar-refractivity contribution in [3.8, 4) is 0 Å². The van der Waals surface area contributed by atoms with Crippen molar-refractivity contribution in [3.63, 3.8) is 0 Å². The molecule has 0 N–H and O–H groups in total. The van der Waals surface area contributed by atoms with Crippen LogP contribution in [0, 0.1) is 0 Å². The van der Waals surface area contributed by atoms with Crippen LogP contribution in [-0.4, -0.2) is 43.8 Å². The first kappa shape index (κ1) is 14.2. The number of carbonyl (C=O) groups is 1. The summed E-state index contributed by atoms with van der Waals surface area (Å²) in [6.07, 6.45) is -4.87. The zero-order valence-electron chi connectivity index (χ0n) is 8.93. The Balaban J connectivity index is 3.57. The van der Waals surface area contributed by atoms with Crippen molar-refractivity contribution in [3.05, 3.63) is 0 Å². The summed E-state index contributed by atoms with van der Waals surface area (Å²) in [4.78, 5) is 12.3. The van der Waals surface area contributed by atoms with E-state index in [1.807, 2.05) is 0 Å². The van der Waals surface area contributed by atoms with E-state index in [1.54, 1.807) is 14.0 Å². The highest BCUT2D eigenvalue weighted by molar-refractivity contribution is 5.69. The van der Waals surface area contributed by atoms with Gasteiger partial charge in [0.05, 0.1) is 19.4 Å². The van der Waals surface area contributed by atoms with Crippen molar-refractivity contribution in [1.29, 1.82) is 0 Å². The van der Waals surface area contributed by atoms with Gasteiger partial charge in [0.15, 0.2) is 0 Å². The fraction of sp³-hybridized carbons (Fsp3) is 0.889. The van der Waals surface area contributed by atoms with Crippen LogP contribution in [-0.2, 0) is 9.53 Å². The Morgan fingerprint density at radius 1 is 1.33 bits per heavy atom. The smallest absolute Gasteiger partial charge is 0.390 e. The molecule has 0 bridgehead atoms. The van der Waals surface area contributed by atoms with Gasteiger partial charge in [-0.15, -0.1) is 0 Å². The van der Waals surface area contributed by atoms with Crippen molar-refractivity contribution in [1.82, 2.24) is 4.90 Å². The van der Waals surface area contributed by atoms with E-state index in [4.69, 9.17) is 0 Å². The van der Waals surface area contributed by atoms with Crippen molar-refractivity contribution in [2.24, 2.45) is 0 Å². The van der Waals surface area contributed by atoms with Crippen molar-refractivity contribution < 1.29 is 22.7 Å². The summed E-state index contributed by atoms with van der Waals surface area (Å²) in [6.45, 7) is 2.17. The average Bonchev–Trinajstić information content (AvgIpc) is 2.11. The molecule has 0 spiro atoms. The van der Waals surface area contributed by atoms with E-state index >= 15 is 0 Å². The quantitative estimate of drug-likeness (QED) is 0.648. The molecule has 0 rings (SSSR count). The van der Waals surface area contributed by atoms with Crippen molar-refractivity contribution in [2.75, 3.05) is 26.7 Å². The highest BCUT2D eigenvalue weighted by Gasteiger charge is 2.27. The van der Waals surface area contributed by atoms with Gasteiger partial charge in [-0.3, -0.25) is 4.79 Å². The molecule has 0 radical (unpaired) electrons. The van der Waals surface area contributed by atoms with Gasteiger partial charge in [-0.2, -0.15) is 13.2 Å². The Morgan fingerprint density at radius 3 is 2.40 bits per heavy atom. The lowest BCUT2D eigenvalue weighted by Crippen LogP contribution is -2.27. The first-order chi connectivity index (χ1) is 6.85. The molecule has 0 aromatic heterocycles. The minimum atomic E-state index is -4.14. The van der Waals surface area contributed by atoms with Gasteiger partial charge in [0.25, 0.3) is 0 Å². The SMILES string of the molecule is CCOC(=O)CCN(C)CCC(F)(F)F. The van der Waals surface area contributed by atoms with Crippen LogP contribution in [0.5, 0.6) is 0 Å². The van der Waals surface area contributed by atoms with Crippen LogP contribution < -0.4 is 0 Å². The molecule has 0 aliphatic heterocycles. The highest BCUT2D eigenvalue weighted by atomic mass is 19.4. The van der Waals surface area contributed by atoms with Gasteiger partial charge in [0, 0.05) is 13.1 Å². The van der Waals surface area contributed by atoms with Gasteiger partial charge in [-0.1, -0.05) is 0 Å². The maximum Gasteiger partial charge on any atom is 0.390 e. The predicted octanol–water partition coefficient (Wildman–Crippen LogP) is 1.82. The monoisotopic (exact) mass is 227 g/mol. The second-order valence-electron chi connectivity index (χ2n) is 3.22. The number of esters is 1.